The molecule has 3 heterocycles. The maximum atomic E-state index is 12.5. The average molecular weight is 460 g/mol. The molecule has 0 atom stereocenters. The van der Waals surface area contributed by atoms with Crippen molar-refractivity contribution in [3.8, 4) is 11.6 Å². The minimum Gasteiger partial charge on any atom is -0.461 e. The van der Waals surface area contributed by atoms with Crippen molar-refractivity contribution in [2.45, 2.75) is 11.7 Å². The Morgan fingerprint density at radius 2 is 1.61 bits per heavy atom. The van der Waals surface area contributed by atoms with Gasteiger partial charge in [0.25, 0.3) is 11.8 Å². The first-order valence-electron chi connectivity index (χ1n) is 9.94. The Morgan fingerprint density at radius 1 is 0.909 bits per heavy atom. The third kappa shape index (κ3) is 4.03. The summed E-state index contributed by atoms with van der Waals surface area (Å²) in [7, 11) is 0. The minimum absolute atomic E-state index is 0.182. The Kier molecular flexibility index (Phi) is 5.49. The lowest BCUT2D eigenvalue weighted by Crippen LogP contribution is -2.33. The third-order valence-corrected chi connectivity index (χ3v) is 5.85. The molecule has 0 saturated heterocycles. The van der Waals surface area contributed by atoms with Crippen LogP contribution in [0.5, 0.6) is 0 Å². The van der Waals surface area contributed by atoms with Crippen LogP contribution in [0.2, 0.25) is 0 Å². The smallest absolute Gasteiger partial charge is 0.343 e. The molecule has 0 aliphatic carbocycles. The van der Waals surface area contributed by atoms with Crippen LogP contribution in [0, 0.1) is 0 Å². The van der Waals surface area contributed by atoms with Crippen LogP contribution in [-0.4, -0.2) is 43.4 Å². The fourth-order valence-electron chi connectivity index (χ4n) is 3.39. The van der Waals surface area contributed by atoms with Gasteiger partial charge >= 0.3 is 5.97 Å². The second kappa shape index (κ2) is 8.75. The molecule has 0 radical (unpaired) electrons. The molecule has 5 rings (SSSR count). The monoisotopic (exact) mass is 460 g/mol. The van der Waals surface area contributed by atoms with Crippen LogP contribution < -0.4 is 0 Å². The van der Waals surface area contributed by atoms with Crippen LogP contribution in [0.15, 0.2) is 82.6 Å². The molecule has 33 heavy (non-hydrogen) atoms. The molecule has 0 spiro atoms. The van der Waals surface area contributed by atoms with Gasteiger partial charge in [0.1, 0.15) is 5.75 Å². The molecule has 4 aromatic rings. The number of amides is 2. The number of hydroxylamine groups is 2. The maximum Gasteiger partial charge on any atom is 0.343 e. The van der Waals surface area contributed by atoms with Crippen LogP contribution in [-0.2, 0) is 16.2 Å². The quantitative estimate of drug-likeness (QED) is 0.305. The van der Waals surface area contributed by atoms with Crippen molar-refractivity contribution >= 4 is 29.5 Å². The summed E-state index contributed by atoms with van der Waals surface area (Å²) < 4.78 is 7.30. The van der Waals surface area contributed by atoms with E-state index in [-0.39, 0.29) is 16.9 Å². The summed E-state index contributed by atoms with van der Waals surface area (Å²) in [4.78, 5) is 42.3. The zero-order valence-corrected chi connectivity index (χ0v) is 17.9. The number of rotatable bonds is 7. The summed E-state index contributed by atoms with van der Waals surface area (Å²) in [6, 6.07) is 19.6. The first kappa shape index (κ1) is 20.7. The fraction of sp³-hybridized carbons (Fsp3) is 0.0870. The SMILES string of the molecule is O=C(CSc1nnc(-c2ccco2)n1Cc1ccccc1)ON1C(=O)c2ccccc2C1=O. The zero-order valence-electron chi connectivity index (χ0n) is 17.1. The van der Waals surface area contributed by atoms with Crippen molar-refractivity contribution in [1.29, 1.82) is 0 Å². The molecule has 9 nitrogen and oxygen atoms in total. The van der Waals surface area contributed by atoms with E-state index in [0.717, 1.165) is 17.3 Å². The van der Waals surface area contributed by atoms with Crippen LogP contribution >= 0.6 is 11.8 Å². The fourth-order valence-corrected chi connectivity index (χ4v) is 4.10. The summed E-state index contributed by atoms with van der Waals surface area (Å²) in [5.41, 5.74) is 1.42. The van der Waals surface area contributed by atoms with Crippen molar-refractivity contribution < 1.29 is 23.6 Å². The lowest BCUT2D eigenvalue weighted by Gasteiger charge is -2.13. The highest BCUT2D eigenvalue weighted by molar-refractivity contribution is 7.99. The van der Waals surface area contributed by atoms with Crippen LogP contribution in [0.25, 0.3) is 11.6 Å². The van der Waals surface area contributed by atoms with Crippen molar-refractivity contribution in [3.63, 3.8) is 0 Å². The molecule has 1 aliphatic heterocycles. The summed E-state index contributed by atoms with van der Waals surface area (Å²) in [5, 5.41) is 9.37. The Balaban J connectivity index is 1.31. The molecular weight excluding hydrogens is 444 g/mol. The molecule has 2 amide bonds. The Hall–Kier alpha value is -4.18. The van der Waals surface area contributed by atoms with E-state index in [9.17, 15) is 14.4 Å². The second-order valence-corrected chi connectivity index (χ2v) is 8.00. The third-order valence-electron chi connectivity index (χ3n) is 4.91. The predicted molar refractivity (Wildman–Crippen MR) is 117 cm³/mol. The summed E-state index contributed by atoms with van der Waals surface area (Å²) in [6.45, 7) is 0.458. The molecule has 0 fully saturated rings. The van der Waals surface area contributed by atoms with E-state index >= 15 is 0 Å². The molecule has 1 aliphatic rings. The van der Waals surface area contributed by atoms with Gasteiger partial charge < -0.3 is 9.25 Å². The molecule has 0 N–H and O–H groups in total. The van der Waals surface area contributed by atoms with Crippen molar-refractivity contribution in [3.05, 3.63) is 89.7 Å². The minimum atomic E-state index is -0.761. The normalized spacial score (nSPS) is 12.8. The van der Waals surface area contributed by atoms with Gasteiger partial charge in [0.2, 0.25) is 5.82 Å². The van der Waals surface area contributed by atoms with Gasteiger partial charge in [-0.15, -0.1) is 10.2 Å². The highest BCUT2D eigenvalue weighted by Gasteiger charge is 2.38. The number of benzene rings is 2. The van der Waals surface area contributed by atoms with Crippen LogP contribution in [0.3, 0.4) is 0 Å². The van der Waals surface area contributed by atoms with Gasteiger partial charge in [-0.1, -0.05) is 59.3 Å². The first-order chi connectivity index (χ1) is 16.1. The van der Waals surface area contributed by atoms with Crippen molar-refractivity contribution in [2.24, 2.45) is 0 Å². The number of thioether (sulfide) groups is 1. The Morgan fingerprint density at radius 3 is 2.27 bits per heavy atom. The molecule has 0 saturated carbocycles. The lowest BCUT2D eigenvalue weighted by atomic mass is 10.1. The topological polar surface area (TPSA) is 108 Å². The summed E-state index contributed by atoms with van der Waals surface area (Å²) in [6.07, 6.45) is 1.54. The number of carbonyl (C=O) groups excluding carboxylic acids is 3. The molecule has 2 aromatic heterocycles. The largest absolute Gasteiger partial charge is 0.461 e. The molecule has 0 bridgehead atoms. The molecular formula is C23H16N4O5S. The van der Waals surface area contributed by atoms with Crippen molar-refractivity contribution in [1.82, 2.24) is 19.8 Å². The number of imide groups is 1. The summed E-state index contributed by atoms with van der Waals surface area (Å²) >= 11 is 1.09. The van der Waals surface area contributed by atoms with Crippen molar-refractivity contribution in [2.75, 3.05) is 5.75 Å². The number of hydrogen-bond donors (Lipinski definition) is 0. The number of aromatic nitrogens is 3. The van der Waals surface area contributed by atoms with E-state index in [1.54, 1.807) is 30.5 Å². The van der Waals surface area contributed by atoms with Gasteiger partial charge in [-0.05, 0) is 29.8 Å². The molecule has 0 unspecified atom stereocenters. The zero-order chi connectivity index (χ0) is 22.8. The van der Waals surface area contributed by atoms with E-state index < -0.39 is 17.8 Å². The Bertz CT molecular complexity index is 1300. The van der Waals surface area contributed by atoms with E-state index in [4.69, 9.17) is 9.25 Å². The average Bonchev–Trinajstić information content (AvgIpc) is 3.55. The summed E-state index contributed by atoms with van der Waals surface area (Å²) in [5.74, 6) is -1.22. The molecule has 10 heteroatoms. The van der Waals surface area contributed by atoms with Gasteiger partial charge in [0.05, 0.1) is 23.9 Å². The molecule has 2 aromatic carbocycles. The highest BCUT2D eigenvalue weighted by atomic mass is 32.2. The van der Waals surface area contributed by atoms with Gasteiger partial charge in [-0.3, -0.25) is 14.2 Å². The standard InChI is InChI=1S/C23H16N4O5S/c28-19(32-27-21(29)16-9-4-5-10-17(16)22(27)30)14-33-23-25-24-20(18-11-6-12-31-18)26(23)13-15-7-2-1-3-8-15/h1-12H,13-14H2. The van der Waals surface area contributed by atoms with Gasteiger partial charge in [-0.2, -0.15) is 0 Å². The van der Waals surface area contributed by atoms with E-state index in [1.807, 2.05) is 34.9 Å². The van der Waals surface area contributed by atoms with E-state index in [2.05, 4.69) is 10.2 Å². The molecule has 164 valence electrons. The van der Waals surface area contributed by atoms with E-state index in [0.29, 0.717) is 28.3 Å². The first-order valence-corrected chi connectivity index (χ1v) is 10.9. The second-order valence-electron chi connectivity index (χ2n) is 7.06. The van der Waals surface area contributed by atoms with Crippen LogP contribution in [0.1, 0.15) is 26.3 Å². The maximum absolute atomic E-state index is 12.5. The number of fused-ring (bicyclic) bond motifs is 1. The van der Waals surface area contributed by atoms with Crippen LogP contribution in [0.4, 0.5) is 0 Å². The lowest BCUT2D eigenvalue weighted by molar-refractivity contribution is -0.165. The van der Waals surface area contributed by atoms with Gasteiger partial charge in [-0.25, -0.2) is 4.79 Å². The number of nitrogens with zero attached hydrogens (tertiary/aromatic N) is 4. The predicted octanol–water partition coefficient (Wildman–Crippen LogP) is 3.43. The Labute approximate surface area is 191 Å². The van der Waals surface area contributed by atoms with Gasteiger partial charge in [0, 0.05) is 0 Å². The number of hydrogen-bond acceptors (Lipinski definition) is 8. The number of carbonyl (C=O) groups is 3. The van der Waals surface area contributed by atoms with E-state index in [1.165, 1.54) is 12.1 Å². The highest BCUT2D eigenvalue weighted by Crippen LogP contribution is 2.27. The number of furan rings is 1. The van der Waals surface area contributed by atoms with Gasteiger partial charge in [0.15, 0.2) is 10.9 Å².